The molecule has 6 nitrogen and oxygen atoms in total. The minimum atomic E-state index is -0.323. The summed E-state index contributed by atoms with van der Waals surface area (Å²) in [5.74, 6) is -0.323. The molecule has 1 amide bonds. The summed E-state index contributed by atoms with van der Waals surface area (Å²) in [6, 6.07) is 14.0. The Morgan fingerprint density at radius 3 is 2.70 bits per heavy atom. The maximum absolute atomic E-state index is 12.4. The smallest absolute Gasteiger partial charge is 0.268 e. The fourth-order valence-corrected chi connectivity index (χ4v) is 2.34. The molecule has 0 bridgehead atoms. The largest absolute Gasteiger partial charge is 0.342 e. The van der Waals surface area contributed by atoms with Crippen molar-refractivity contribution in [2.45, 2.75) is 12.6 Å². The second-order valence-corrected chi connectivity index (χ2v) is 5.12. The van der Waals surface area contributed by atoms with Gasteiger partial charge in [-0.3, -0.25) is 9.59 Å². The van der Waals surface area contributed by atoms with Crippen LogP contribution in [0.1, 0.15) is 22.1 Å². The van der Waals surface area contributed by atoms with Crippen molar-refractivity contribution < 1.29 is 4.79 Å². The molecule has 3 aromatic rings. The van der Waals surface area contributed by atoms with E-state index in [0.29, 0.717) is 6.54 Å². The molecule has 0 radical (unpaired) electrons. The van der Waals surface area contributed by atoms with Crippen molar-refractivity contribution in [1.82, 2.24) is 19.9 Å². The Morgan fingerprint density at radius 1 is 1.17 bits per heavy atom. The van der Waals surface area contributed by atoms with Crippen molar-refractivity contribution in [3.8, 4) is 0 Å². The van der Waals surface area contributed by atoms with Crippen molar-refractivity contribution in [1.29, 1.82) is 0 Å². The van der Waals surface area contributed by atoms with Crippen LogP contribution in [-0.2, 0) is 6.54 Å². The van der Waals surface area contributed by atoms with Gasteiger partial charge in [0.25, 0.3) is 5.91 Å². The third-order valence-electron chi connectivity index (χ3n) is 3.47. The SMILES string of the molecule is O=C(NC(Cn1ccnc1)c1ccccc1)c1cccc(=O)[nH]1. The van der Waals surface area contributed by atoms with E-state index in [9.17, 15) is 9.59 Å². The van der Waals surface area contributed by atoms with Crippen molar-refractivity contribution in [2.75, 3.05) is 0 Å². The normalized spacial score (nSPS) is 11.8. The summed E-state index contributed by atoms with van der Waals surface area (Å²) in [5, 5.41) is 2.96. The van der Waals surface area contributed by atoms with E-state index in [0.717, 1.165) is 5.56 Å². The number of benzene rings is 1. The van der Waals surface area contributed by atoms with Gasteiger partial charge in [0.1, 0.15) is 5.69 Å². The molecular weight excluding hydrogens is 292 g/mol. The first-order valence-electron chi connectivity index (χ1n) is 7.23. The van der Waals surface area contributed by atoms with Crippen LogP contribution in [0, 0.1) is 0 Å². The van der Waals surface area contributed by atoms with Gasteiger partial charge < -0.3 is 14.9 Å². The van der Waals surface area contributed by atoms with Gasteiger partial charge in [-0.1, -0.05) is 36.4 Å². The molecule has 2 aromatic heterocycles. The Morgan fingerprint density at radius 2 is 2.00 bits per heavy atom. The summed E-state index contributed by atoms with van der Waals surface area (Å²) in [4.78, 5) is 30.3. The van der Waals surface area contributed by atoms with Gasteiger partial charge in [-0.15, -0.1) is 0 Å². The molecule has 0 saturated carbocycles. The van der Waals surface area contributed by atoms with Gasteiger partial charge in [-0.05, 0) is 11.6 Å². The fourth-order valence-electron chi connectivity index (χ4n) is 2.34. The lowest BCUT2D eigenvalue weighted by Crippen LogP contribution is -2.32. The van der Waals surface area contributed by atoms with Crippen LogP contribution in [0.4, 0.5) is 0 Å². The van der Waals surface area contributed by atoms with Crippen LogP contribution in [0.3, 0.4) is 0 Å². The number of nitrogens with one attached hydrogen (secondary N) is 2. The maximum Gasteiger partial charge on any atom is 0.268 e. The first-order valence-corrected chi connectivity index (χ1v) is 7.23. The predicted octanol–water partition coefficient (Wildman–Crippen LogP) is 1.74. The van der Waals surface area contributed by atoms with E-state index in [4.69, 9.17) is 0 Å². The highest BCUT2D eigenvalue weighted by atomic mass is 16.2. The molecule has 0 fully saturated rings. The van der Waals surface area contributed by atoms with Gasteiger partial charge in [0.05, 0.1) is 12.4 Å². The molecular formula is C17H16N4O2. The van der Waals surface area contributed by atoms with E-state index in [-0.39, 0.29) is 23.2 Å². The Bertz CT molecular complexity index is 825. The molecule has 3 rings (SSSR count). The predicted molar refractivity (Wildman–Crippen MR) is 85.9 cm³/mol. The average Bonchev–Trinajstić information content (AvgIpc) is 3.08. The van der Waals surface area contributed by atoms with Crippen LogP contribution in [0.25, 0.3) is 0 Å². The molecule has 0 spiro atoms. The second-order valence-electron chi connectivity index (χ2n) is 5.12. The summed E-state index contributed by atoms with van der Waals surface area (Å²) in [5.41, 5.74) is 0.917. The van der Waals surface area contributed by atoms with Gasteiger partial charge in [-0.25, -0.2) is 4.98 Å². The molecule has 0 aliphatic rings. The number of aromatic amines is 1. The third kappa shape index (κ3) is 3.74. The number of nitrogens with zero attached hydrogens (tertiary/aromatic N) is 2. The Kier molecular flexibility index (Phi) is 4.33. The van der Waals surface area contributed by atoms with E-state index in [1.165, 1.54) is 6.07 Å². The zero-order valence-electron chi connectivity index (χ0n) is 12.3. The van der Waals surface area contributed by atoms with E-state index in [2.05, 4.69) is 15.3 Å². The van der Waals surface area contributed by atoms with Crippen LogP contribution < -0.4 is 10.9 Å². The highest BCUT2D eigenvalue weighted by Gasteiger charge is 2.16. The van der Waals surface area contributed by atoms with E-state index in [1.54, 1.807) is 24.7 Å². The number of H-pyrrole nitrogens is 1. The summed E-state index contributed by atoms with van der Waals surface area (Å²) >= 11 is 0. The van der Waals surface area contributed by atoms with E-state index in [1.807, 2.05) is 41.1 Å². The molecule has 116 valence electrons. The molecule has 0 saturated heterocycles. The van der Waals surface area contributed by atoms with Crippen LogP contribution in [0.5, 0.6) is 0 Å². The second kappa shape index (κ2) is 6.74. The molecule has 1 atom stereocenters. The fraction of sp³-hybridized carbons (Fsp3) is 0.118. The molecule has 1 aromatic carbocycles. The van der Waals surface area contributed by atoms with Gasteiger partial charge in [-0.2, -0.15) is 0 Å². The lowest BCUT2D eigenvalue weighted by atomic mass is 10.1. The van der Waals surface area contributed by atoms with E-state index < -0.39 is 0 Å². The number of pyridine rings is 1. The Hall–Kier alpha value is -3.15. The van der Waals surface area contributed by atoms with Gasteiger partial charge >= 0.3 is 0 Å². The summed E-state index contributed by atoms with van der Waals surface area (Å²) in [7, 11) is 0. The molecule has 2 heterocycles. The van der Waals surface area contributed by atoms with Crippen molar-refractivity contribution in [3.63, 3.8) is 0 Å². The molecule has 23 heavy (non-hydrogen) atoms. The highest BCUT2D eigenvalue weighted by Crippen LogP contribution is 2.15. The average molecular weight is 308 g/mol. The van der Waals surface area contributed by atoms with Gasteiger partial charge in [0.15, 0.2) is 0 Å². The topological polar surface area (TPSA) is 79.8 Å². The van der Waals surface area contributed by atoms with Crippen molar-refractivity contribution in [3.05, 3.63) is 88.9 Å². The number of carbonyl (C=O) groups is 1. The molecule has 2 N–H and O–H groups in total. The van der Waals surface area contributed by atoms with Crippen molar-refractivity contribution >= 4 is 5.91 Å². The van der Waals surface area contributed by atoms with Crippen molar-refractivity contribution in [2.24, 2.45) is 0 Å². The zero-order valence-corrected chi connectivity index (χ0v) is 12.3. The quantitative estimate of drug-likeness (QED) is 0.753. The first kappa shape index (κ1) is 14.8. The first-order chi connectivity index (χ1) is 11.2. The molecule has 0 aliphatic carbocycles. The third-order valence-corrected chi connectivity index (χ3v) is 3.47. The van der Waals surface area contributed by atoms with E-state index >= 15 is 0 Å². The number of imidazole rings is 1. The lowest BCUT2D eigenvalue weighted by Gasteiger charge is -2.19. The number of aromatic nitrogens is 3. The number of amides is 1. The van der Waals surface area contributed by atoms with Gasteiger partial charge in [0, 0.05) is 25.0 Å². The maximum atomic E-state index is 12.4. The molecule has 0 aliphatic heterocycles. The lowest BCUT2D eigenvalue weighted by molar-refractivity contribution is 0.0927. The monoisotopic (exact) mass is 308 g/mol. The van der Waals surface area contributed by atoms with Gasteiger partial charge in [0.2, 0.25) is 5.56 Å². The molecule has 1 unspecified atom stereocenters. The van der Waals surface area contributed by atoms with Crippen LogP contribution in [0.2, 0.25) is 0 Å². The highest BCUT2D eigenvalue weighted by molar-refractivity contribution is 5.92. The van der Waals surface area contributed by atoms with Crippen LogP contribution in [0.15, 0.2) is 72.0 Å². The Balaban J connectivity index is 1.83. The van der Waals surface area contributed by atoms with Crippen LogP contribution in [-0.4, -0.2) is 20.4 Å². The number of hydrogen-bond donors (Lipinski definition) is 2. The standard InChI is InChI=1S/C17H16N4O2/c22-16-8-4-7-14(19-16)17(23)20-15(11-21-10-9-18-12-21)13-5-2-1-3-6-13/h1-10,12,15H,11H2,(H,19,22)(H,20,23). The molecule has 6 heteroatoms. The Labute approximate surface area is 132 Å². The zero-order chi connectivity index (χ0) is 16.1. The summed E-state index contributed by atoms with van der Waals surface area (Å²) in [6.45, 7) is 0.548. The van der Waals surface area contributed by atoms with Crippen LogP contribution >= 0.6 is 0 Å². The summed E-state index contributed by atoms with van der Waals surface area (Å²) < 4.78 is 1.89. The minimum Gasteiger partial charge on any atom is -0.342 e. The minimum absolute atomic E-state index is 0.235. The summed E-state index contributed by atoms with van der Waals surface area (Å²) in [6.07, 6.45) is 5.23. The number of rotatable bonds is 5. The number of hydrogen-bond acceptors (Lipinski definition) is 3. The number of carbonyl (C=O) groups excluding carboxylic acids is 1.